The fourth-order valence-electron chi connectivity index (χ4n) is 3.91. The molecule has 33 heavy (non-hydrogen) atoms. The van der Waals surface area contributed by atoms with E-state index in [9.17, 15) is 14.0 Å². The fraction of sp³-hybridized carbons (Fsp3) is 0.0769. The Balaban J connectivity index is 1.48. The highest BCUT2D eigenvalue weighted by molar-refractivity contribution is 9.10. The lowest BCUT2D eigenvalue weighted by Crippen LogP contribution is -2.27. The maximum Gasteiger partial charge on any atom is 0.293 e. The van der Waals surface area contributed by atoms with Crippen molar-refractivity contribution in [3.8, 4) is 0 Å². The van der Waals surface area contributed by atoms with E-state index in [1.165, 1.54) is 11.0 Å². The molecule has 5 rings (SSSR count). The van der Waals surface area contributed by atoms with Gasteiger partial charge in [-0.15, -0.1) is 0 Å². The minimum Gasteiger partial charge on any atom is -0.342 e. The lowest BCUT2D eigenvalue weighted by atomic mass is 10.1. The molecule has 0 saturated carbocycles. The van der Waals surface area contributed by atoms with Crippen molar-refractivity contribution in [1.29, 1.82) is 0 Å². The summed E-state index contributed by atoms with van der Waals surface area (Å²) in [5, 5.41) is 0.642. The Morgan fingerprint density at radius 2 is 1.58 bits per heavy atom. The molecule has 4 nitrogen and oxygen atoms in total. The number of benzene rings is 3. The van der Waals surface area contributed by atoms with Gasteiger partial charge in [-0.25, -0.2) is 4.39 Å². The summed E-state index contributed by atoms with van der Waals surface area (Å²) in [5.41, 5.74) is 3.19. The van der Waals surface area contributed by atoms with E-state index in [1.54, 1.807) is 18.2 Å². The van der Waals surface area contributed by atoms with E-state index < -0.39 is 0 Å². The van der Waals surface area contributed by atoms with Crippen LogP contribution in [0.5, 0.6) is 0 Å². The molecule has 1 saturated heterocycles. The zero-order chi connectivity index (χ0) is 22.9. The summed E-state index contributed by atoms with van der Waals surface area (Å²) in [7, 11) is 0. The first-order valence-electron chi connectivity index (χ1n) is 10.3. The van der Waals surface area contributed by atoms with Gasteiger partial charge in [0.25, 0.3) is 11.1 Å². The highest BCUT2D eigenvalue weighted by Gasteiger charge is 2.35. The number of fused-ring (bicyclic) bond motifs is 1. The number of carbonyl (C=O) groups is 2. The van der Waals surface area contributed by atoms with Gasteiger partial charge >= 0.3 is 0 Å². The molecule has 2 heterocycles. The van der Waals surface area contributed by atoms with Crippen LogP contribution in [0.1, 0.15) is 16.7 Å². The van der Waals surface area contributed by atoms with Gasteiger partial charge in [0.15, 0.2) is 0 Å². The van der Waals surface area contributed by atoms with Crippen molar-refractivity contribution in [2.24, 2.45) is 0 Å². The first kappa shape index (κ1) is 21.7. The standard InChI is InChI=1S/C26H18BrFN2O2S/c27-21-10-4-1-7-17(21)16-30-25(31)24(33-26(30)32)13-19-15-29(23-12-6-3-9-20(19)23)14-18-8-2-5-11-22(18)28/h1-13,15H,14,16H2/b24-13-. The van der Waals surface area contributed by atoms with Crippen LogP contribution in [0.15, 0.2) is 88.4 Å². The third kappa shape index (κ3) is 4.26. The predicted octanol–water partition coefficient (Wildman–Crippen LogP) is 6.83. The van der Waals surface area contributed by atoms with E-state index in [0.717, 1.165) is 38.3 Å². The van der Waals surface area contributed by atoms with Crippen LogP contribution in [0.2, 0.25) is 0 Å². The van der Waals surface area contributed by atoms with E-state index in [4.69, 9.17) is 0 Å². The molecule has 0 unspecified atom stereocenters. The molecule has 7 heteroatoms. The summed E-state index contributed by atoms with van der Waals surface area (Å²) in [6.45, 7) is 0.572. The van der Waals surface area contributed by atoms with Crippen molar-refractivity contribution in [1.82, 2.24) is 9.47 Å². The molecule has 164 valence electrons. The van der Waals surface area contributed by atoms with Crippen molar-refractivity contribution in [3.05, 3.63) is 111 Å². The van der Waals surface area contributed by atoms with Crippen LogP contribution in [0.25, 0.3) is 17.0 Å². The highest BCUT2D eigenvalue weighted by atomic mass is 79.9. The summed E-state index contributed by atoms with van der Waals surface area (Å²) in [6.07, 6.45) is 3.66. The number of hydrogen-bond acceptors (Lipinski definition) is 3. The Kier molecular flexibility index (Phi) is 5.91. The molecular formula is C26H18BrFN2O2S. The number of para-hydroxylation sites is 1. The number of hydrogen-bond donors (Lipinski definition) is 0. The second kappa shape index (κ2) is 9.00. The van der Waals surface area contributed by atoms with Gasteiger partial charge in [-0.2, -0.15) is 0 Å². The fourth-order valence-corrected chi connectivity index (χ4v) is 5.14. The van der Waals surface area contributed by atoms with E-state index >= 15 is 0 Å². The quantitative estimate of drug-likeness (QED) is 0.271. The minimum atomic E-state index is -0.313. The van der Waals surface area contributed by atoms with Gasteiger partial charge in [0.1, 0.15) is 5.82 Å². The maximum absolute atomic E-state index is 14.2. The van der Waals surface area contributed by atoms with Crippen molar-refractivity contribution in [2.45, 2.75) is 13.1 Å². The smallest absolute Gasteiger partial charge is 0.293 e. The Morgan fingerprint density at radius 3 is 2.36 bits per heavy atom. The summed E-state index contributed by atoms with van der Waals surface area (Å²) in [6, 6.07) is 22.0. The van der Waals surface area contributed by atoms with Crippen LogP contribution in [-0.2, 0) is 17.9 Å². The Morgan fingerprint density at radius 1 is 0.879 bits per heavy atom. The topological polar surface area (TPSA) is 42.3 Å². The van der Waals surface area contributed by atoms with Gasteiger partial charge in [0.05, 0.1) is 18.0 Å². The number of imide groups is 1. The molecule has 1 aliphatic heterocycles. The number of amides is 2. The molecule has 1 fully saturated rings. The summed E-state index contributed by atoms with van der Waals surface area (Å²) in [5.74, 6) is -0.572. The van der Waals surface area contributed by atoms with E-state index in [0.29, 0.717) is 17.0 Å². The lowest BCUT2D eigenvalue weighted by molar-refractivity contribution is -0.123. The van der Waals surface area contributed by atoms with Gasteiger partial charge in [-0.05, 0) is 41.6 Å². The Bertz CT molecular complexity index is 1430. The summed E-state index contributed by atoms with van der Waals surface area (Å²) in [4.78, 5) is 27.3. The molecule has 0 bridgehead atoms. The molecule has 1 aromatic heterocycles. The second-order valence-corrected chi connectivity index (χ2v) is 9.53. The van der Waals surface area contributed by atoms with Crippen molar-refractivity contribution >= 4 is 55.8 Å². The summed E-state index contributed by atoms with van der Waals surface area (Å²) < 4.78 is 17.0. The Labute approximate surface area is 202 Å². The van der Waals surface area contributed by atoms with E-state index in [2.05, 4.69) is 15.9 Å². The number of rotatable bonds is 5. The van der Waals surface area contributed by atoms with Crippen LogP contribution in [-0.4, -0.2) is 20.6 Å². The van der Waals surface area contributed by atoms with Crippen LogP contribution in [0.4, 0.5) is 9.18 Å². The average molecular weight is 521 g/mol. The maximum atomic E-state index is 14.2. The molecule has 2 amide bonds. The Hall–Kier alpha value is -3.16. The van der Waals surface area contributed by atoms with Crippen molar-refractivity contribution < 1.29 is 14.0 Å². The SMILES string of the molecule is O=C1S/C(=C\c2cn(Cc3ccccc3F)c3ccccc23)C(=O)N1Cc1ccccc1Br. The van der Waals surface area contributed by atoms with Gasteiger partial charge in [0.2, 0.25) is 0 Å². The molecule has 0 spiro atoms. The number of nitrogens with zero attached hydrogens (tertiary/aromatic N) is 2. The molecule has 3 aromatic carbocycles. The van der Waals surface area contributed by atoms with E-state index in [1.807, 2.05) is 65.4 Å². The third-order valence-electron chi connectivity index (χ3n) is 5.56. The zero-order valence-electron chi connectivity index (χ0n) is 17.4. The second-order valence-electron chi connectivity index (χ2n) is 7.68. The van der Waals surface area contributed by atoms with Gasteiger partial charge in [0, 0.05) is 32.7 Å². The van der Waals surface area contributed by atoms with Gasteiger partial charge < -0.3 is 4.57 Å². The number of aromatic nitrogens is 1. The molecule has 0 radical (unpaired) electrons. The van der Waals surface area contributed by atoms with E-state index in [-0.39, 0.29) is 23.5 Å². The first-order valence-corrected chi connectivity index (χ1v) is 11.9. The third-order valence-corrected chi connectivity index (χ3v) is 7.25. The largest absolute Gasteiger partial charge is 0.342 e. The number of halogens is 2. The lowest BCUT2D eigenvalue weighted by Gasteiger charge is -2.13. The van der Waals surface area contributed by atoms with Gasteiger partial charge in [-0.1, -0.05) is 70.5 Å². The van der Waals surface area contributed by atoms with Crippen molar-refractivity contribution in [2.75, 3.05) is 0 Å². The van der Waals surface area contributed by atoms with Crippen LogP contribution in [0.3, 0.4) is 0 Å². The molecule has 0 aliphatic carbocycles. The van der Waals surface area contributed by atoms with Crippen LogP contribution >= 0.6 is 27.7 Å². The zero-order valence-corrected chi connectivity index (χ0v) is 19.8. The highest BCUT2D eigenvalue weighted by Crippen LogP contribution is 2.35. The average Bonchev–Trinajstić information content (AvgIpc) is 3.29. The molecule has 4 aromatic rings. The molecule has 1 aliphatic rings. The van der Waals surface area contributed by atoms with Crippen LogP contribution < -0.4 is 0 Å². The molecule has 0 N–H and O–H groups in total. The number of thioether (sulfide) groups is 1. The van der Waals surface area contributed by atoms with Crippen LogP contribution in [0, 0.1) is 5.82 Å². The minimum absolute atomic E-state index is 0.207. The normalized spacial score (nSPS) is 15.2. The predicted molar refractivity (Wildman–Crippen MR) is 133 cm³/mol. The molecule has 0 atom stereocenters. The van der Waals surface area contributed by atoms with Crippen molar-refractivity contribution in [3.63, 3.8) is 0 Å². The number of carbonyl (C=O) groups excluding carboxylic acids is 2. The first-order chi connectivity index (χ1) is 16.0. The molecular weight excluding hydrogens is 503 g/mol. The monoisotopic (exact) mass is 520 g/mol. The van der Waals surface area contributed by atoms with Gasteiger partial charge in [-0.3, -0.25) is 14.5 Å². The summed E-state index contributed by atoms with van der Waals surface area (Å²) >= 11 is 4.41.